The average molecular weight is 304 g/mol. The summed E-state index contributed by atoms with van der Waals surface area (Å²) in [4.78, 5) is 8.02. The SMILES string of the molecule is CC(C)(O)c1ccc2c(-c3nc(N)ncc3Cl)cnn2c1. The molecule has 21 heavy (non-hydrogen) atoms. The van der Waals surface area contributed by atoms with Crippen LogP contribution < -0.4 is 5.73 Å². The molecule has 7 heteroatoms. The molecule has 0 aliphatic carbocycles. The van der Waals surface area contributed by atoms with Crippen LogP contribution >= 0.6 is 11.6 Å². The van der Waals surface area contributed by atoms with Crippen molar-refractivity contribution in [2.45, 2.75) is 19.4 Å². The summed E-state index contributed by atoms with van der Waals surface area (Å²) in [6.45, 7) is 3.45. The van der Waals surface area contributed by atoms with Gasteiger partial charge in [0.15, 0.2) is 0 Å². The number of anilines is 1. The zero-order valence-corrected chi connectivity index (χ0v) is 12.3. The van der Waals surface area contributed by atoms with Crippen molar-refractivity contribution in [3.8, 4) is 11.3 Å². The first-order valence-electron chi connectivity index (χ1n) is 6.35. The Morgan fingerprint density at radius 2 is 2.05 bits per heavy atom. The second-order valence-electron chi connectivity index (χ2n) is 5.29. The quantitative estimate of drug-likeness (QED) is 0.758. The van der Waals surface area contributed by atoms with Crippen LogP contribution in [0.3, 0.4) is 0 Å². The Bertz CT molecular complexity index is 822. The normalized spacial score (nSPS) is 12.0. The van der Waals surface area contributed by atoms with Crippen LogP contribution in [0.15, 0.2) is 30.7 Å². The molecule has 0 saturated carbocycles. The summed E-state index contributed by atoms with van der Waals surface area (Å²) < 4.78 is 1.68. The number of fused-ring (bicyclic) bond motifs is 1. The van der Waals surface area contributed by atoms with Gasteiger partial charge >= 0.3 is 0 Å². The molecule has 3 aromatic rings. The summed E-state index contributed by atoms with van der Waals surface area (Å²) in [5, 5.41) is 14.7. The van der Waals surface area contributed by atoms with E-state index in [1.165, 1.54) is 6.20 Å². The van der Waals surface area contributed by atoms with E-state index in [4.69, 9.17) is 17.3 Å². The molecule has 0 fully saturated rings. The molecule has 3 N–H and O–H groups in total. The van der Waals surface area contributed by atoms with E-state index in [0.717, 1.165) is 16.6 Å². The molecule has 0 aliphatic rings. The number of pyridine rings is 1. The first-order chi connectivity index (χ1) is 9.86. The summed E-state index contributed by atoms with van der Waals surface area (Å²) in [7, 11) is 0. The molecule has 0 amide bonds. The van der Waals surface area contributed by atoms with Gasteiger partial charge in [-0.15, -0.1) is 0 Å². The maximum Gasteiger partial charge on any atom is 0.220 e. The Morgan fingerprint density at radius 3 is 2.76 bits per heavy atom. The fraction of sp³-hybridized carbons (Fsp3) is 0.214. The van der Waals surface area contributed by atoms with Gasteiger partial charge in [-0.3, -0.25) is 0 Å². The first kappa shape index (κ1) is 13.8. The molecule has 0 atom stereocenters. The standard InChI is InChI=1S/C14H14ClN5O/c1-14(2,21)8-3-4-11-9(5-18-20(11)7-8)12-10(15)6-17-13(16)19-12/h3-7,21H,1-2H3,(H2,16,17,19). The van der Waals surface area contributed by atoms with E-state index in [1.54, 1.807) is 30.8 Å². The van der Waals surface area contributed by atoms with E-state index in [2.05, 4.69) is 15.1 Å². The van der Waals surface area contributed by atoms with Crippen LogP contribution in [0.5, 0.6) is 0 Å². The van der Waals surface area contributed by atoms with Crippen molar-refractivity contribution >= 4 is 23.1 Å². The fourth-order valence-corrected chi connectivity index (χ4v) is 2.29. The van der Waals surface area contributed by atoms with Crippen LogP contribution in [0.25, 0.3) is 16.8 Å². The highest BCUT2D eigenvalue weighted by Crippen LogP contribution is 2.30. The monoisotopic (exact) mass is 303 g/mol. The maximum absolute atomic E-state index is 10.1. The van der Waals surface area contributed by atoms with Gasteiger partial charge in [0.05, 0.1) is 34.2 Å². The topological polar surface area (TPSA) is 89.3 Å². The van der Waals surface area contributed by atoms with Gasteiger partial charge in [-0.1, -0.05) is 17.7 Å². The molecular formula is C14H14ClN5O. The summed E-state index contributed by atoms with van der Waals surface area (Å²) in [5.41, 5.74) is 7.57. The van der Waals surface area contributed by atoms with E-state index in [0.29, 0.717) is 10.7 Å². The van der Waals surface area contributed by atoms with Crippen molar-refractivity contribution in [3.63, 3.8) is 0 Å². The van der Waals surface area contributed by atoms with Crippen molar-refractivity contribution in [1.82, 2.24) is 19.6 Å². The molecular weight excluding hydrogens is 290 g/mol. The van der Waals surface area contributed by atoms with Crippen molar-refractivity contribution in [2.75, 3.05) is 5.73 Å². The van der Waals surface area contributed by atoms with Crippen molar-refractivity contribution in [1.29, 1.82) is 0 Å². The van der Waals surface area contributed by atoms with Gasteiger partial charge in [-0.25, -0.2) is 14.5 Å². The van der Waals surface area contributed by atoms with Crippen LogP contribution in [-0.2, 0) is 5.60 Å². The highest BCUT2D eigenvalue weighted by atomic mass is 35.5. The summed E-state index contributed by atoms with van der Waals surface area (Å²) in [6, 6.07) is 3.71. The van der Waals surface area contributed by atoms with Crippen LogP contribution in [0.4, 0.5) is 5.95 Å². The van der Waals surface area contributed by atoms with E-state index >= 15 is 0 Å². The Kier molecular flexibility index (Phi) is 3.07. The second kappa shape index (κ2) is 4.68. The summed E-state index contributed by atoms with van der Waals surface area (Å²) in [5.74, 6) is 0.155. The Labute approximate surface area is 126 Å². The minimum absolute atomic E-state index is 0.155. The summed E-state index contributed by atoms with van der Waals surface area (Å²) >= 11 is 6.13. The Balaban J connectivity index is 2.19. The third-order valence-electron chi connectivity index (χ3n) is 3.24. The minimum Gasteiger partial charge on any atom is -0.386 e. The average Bonchev–Trinajstić information content (AvgIpc) is 2.83. The number of nitrogen functional groups attached to an aromatic ring is 1. The molecule has 3 heterocycles. The highest BCUT2D eigenvalue weighted by molar-refractivity contribution is 6.33. The largest absolute Gasteiger partial charge is 0.386 e. The molecule has 108 valence electrons. The number of nitrogens with zero attached hydrogens (tertiary/aromatic N) is 4. The molecule has 0 bridgehead atoms. The lowest BCUT2D eigenvalue weighted by Gasteiger charge is -2.17. The van der Waals surface area contributed by atoms with Gasteiger partial charge in [0.2, 0.25) is 5.95 Å². The van der Waals surface area contributed by atoms with Crippen molar-refractivity contribution < 1.29 is 5.11 Å². The lowest BCUT2D eigenvalue weighted by molar-refractivity contribution is 0.0780. The molecule has 3 rings (SSSR count). The van der Waals surface area contributed by atoms with Crippen LogP contribution in [-0.4, -0.2) is 24.7 Å². The maximum atomic E-state index is 10.1. The van der Waals surface area contributed by atoms with Gasteiger partial charge in [-0.05, 0) is 19.9 Å². The molecule has 6 nitrogen and oxygen atoms in total. The molecule has 0 aromatic carbocycles. The first-order valence-corrected chi connectivity index (χ1v) is 6.72. The van der Waals surface area contributed by atoms with Gasteiger partial charge in [0.1, 0.15) is 0 Å². The zero-order chi connectivity index (χ0) is 15.2. The van der Waals surface area contributed by atoms with Crippen LogP contribution in [0, 0.1) is 0 Å². The second-order valence-corrected chi connectivity index (χ2v) is 5.70. The van der Waals surface area contributed by atoms with E-state index in [9.17, 15) is 5.11 Å². The smallest absolute Gasteiger partial charge is 0.220 e. The zero-order valence-electron chi connectivity index (χ0n) is 11.6. The molecule has 0 radical (unpaired) electrons. The minimum atomic E-state index is -0.933. The lowest BCUT2D eigenvalue weighted by atomic mass is 10.0. The third kappa shape index (κ3) is 2.43. The highest BCUT2D eigenvalue weighted by Gasteiger charge is 2.18. The van der Waals surface area contributed by atoms with Crippen molar-refractivity contribution in [3.05, 3.63) is 41.3 Å². The molecule has 0 unspecified atom stereocenters. The van der Waals surface area contributed by atoms with Crippen molar-refractivity contribution in [2.24, 2.45) is 0 Å². The Morgan fingerprint density at radius 1 is 1.29 bits per heavy atom. The van der Waals surface area contributed by atoms with E-state index in [1.807, 2.05) is 12.1 Å². The number of hydrogen-bond donors (Lipinski definition) is 2. The van der Waals surface area contributed by atoms with E-state index in [-0.39, 0.29) is 5.95 Å². The molecule has 0 aliphatic heterocycles. The van der Waals surface area contributed by atoms with Crippen LogP contribution in [0.1, 0.15) is 19.4 Å². The predicted octanol–water partition coefficient (Wildman–Crippen LogP) is 2.25. The van der Waals surface area contributed by atoms with Gasteiger partial charge < -0.3 is 10.8 Å². The van der Waals surface area contributed by atoms with Gasteiger partial charge in [0.25, 0.3) is 0 Å². The predicted molar refractivity (Wildman–Crippen MR) is 80.9 cm³/mol. The lowest BCUT2D eigenvalue weighted by Crippen LogP contribution is -2.16. The molecule has 3 aromatic heterocycles. The number of halogens is 1. The number of hydrogen-bond acceptors (Lipinski definition) is 5. The number of aliphatic hydroxyl groups is 1. The third-order valence-corrected chi connectivity index (χ3v) is 3.52. The van der Waals surface area contributed by atoms with Gasteiger partial charge in [-0.2, -0.15) is 5.10 Å². The summed E-state index contributed by atoms with van der Waals surface area (Å²) in [6.07, 6.45) is 4.91. The van der Waals surface area contributed by atoms with Crippen LogP contribution in [0.2, 0.25) is 5.02 Å². The number of nitrogens with two attached hydrogens (primary N) is 1. The van der Waals surface area contributed by atoms with Gasteiger partial charge in [0, 0.05) is 17.3 Å². The Hall–Kier alpha value is -2.18. The number of rotatable bonds is 2. The molecule has 0 saturated heterocycles. The fourth-order valence-electron chi connectivity index (χ4n) is 2.10. The van der Waals surface area contributed by atoms with E-state index < -0.39 is 5.60 Å². The molecule has 0 spiro atoms. The number of aromatic nitrogens is 4.